The minimum Gasteiger partial charge on any atom is -0.806 e. The summed E-state index contributed by atoms with van der Waals surface area (Å²) in [7, 11) is -7.39. The van der Waals surface area contributed by atoms with E-state index in [4.69, 9.17) is 0 Å². The van der Waals surface area contributed by atoms with E-state index >= 15 is 0 Å². The molecular weight excluding hydrogens is 276 g/mol. The smallest absolute Gasteiger partial charge is 0.460 e. The average molecular weight is 284 g/mol. The second kappa shape index (κ2) is 4.84. The maximum Gasteiger partial charge on any atom is 0.460 e. The molecule has 0 radical (unpaired) electrons. The van der Waals surface area contributed by atoms with Crippen molar-refractivity contribution in [2.45, 2.75) is 17.8 Å². The Morgan fingerprint density at radius 1 is 0.812 bits per heavy atom. The Kier molecular flexibility index (Phi) is 6.33. The summed E-state index contributed by atoms with van der Waals surface area (Å²) in [5, 5.41) is 0. The van der Waals surface area contributed by atoms with E-state index in [0.717, 1.165) is 0 Å². The summed E-state index contributed by atoms with van der Waals surface area (Å²) < 4.78 is 90.4. The van der Waals surface area contributed by atoms with E-state index in [1.54, 1.807) is 0 Å². The highest BCUT2D eigenvalue weighted by molar-refractivity contribution is 7.50. The number of hydrogen-bond acceptors (Lipinski definition) is 3. The molecule has 0 rings (SSSR count). The monoisotopic (exact) mass is 284 g/mol. The summed E-state index contributed by atoms with van der Waals surface area (Å²) in [5.74, 6) is -6.90. The first kappa shape index (κ1) is 20.9. The van der Waals surface area contributed by atoms with Crippen LogP contribution in [0.15, 0.2) is 0 Å². The normalized spacial score (nSPS) is 13.8. The largest absolute Gasteiger partial charge is 0.806 e. The minimum absolute atomic E-state index is 0. The van der Waals surface area contributed by atoms with E-state index < -0.39 is 25.4 Å². The quantitative estimate of drug-likeness (QED) is 0.586. The predicted molar refractivity (Wildman–Crippen MR) is 35.5 cm³/mol. The summed E-state index contributed by atoms with van der Waals surface area (Å²) in [6.45, 7) is 0. The third-order valence-corrected chi connectivity index (χ3v) is 2.05. The van der Waals surface area contributed by atoms with Crippen LogP contribution in [0.3, 0.4) is 0 Å². The lowest BCUT2D eigenvalue weighted by Gasteiger charge is -2.41. The molecule has 0 aliphatic rings. The zero-order valence-corrected chi connectivity index (χ0v) is 8.71. The van der Waals surface area contributed by atoms with Gasteiger partial charge in [0.15, 0.2) is 0 Å². The van der Waals surface area contributed by atoms with Crippen LogP contribution in [0.25, 0.3) is 0 Å². The molecule has 5 nitrogen and oxygen atoms in total. The molecule has 0 saturated carbocycles. The van der Waals surface area contributed by atoms with Gasteiger partial charge in [0, 0.05) is 7.60 Å². The molecule has 16 heavy (non-hydrogen) atoms. The van der Waals surface area contributed by atoms with Crippen molar-refractivity contribution in [2.24, 2.45) is 0 Å². The lowest BCUT2D eigenvalue weighted by molar-refractivity contribution is -0.382. The van der Waals surface area contributed by atoms with Crippen LogP contribution < -0.4 is 22.1 Å². The molecule has 0 fully saturated rings. The van der Waals surface area contributed by atoms with E-state index in [-0.39, 0.29) is 12.3 Å². The number of alkyl halides is 7. The van der Waals surface area contributed by atoms with E-state index in [2.05, 4.69) is 0 Å². The first-order valence-electron chi connectivity index (χ1n) is 2.59. The highest BCUT2D eigenvalue weighted by Crippen LogP contribution is 2.59. The van der Waals surface area contributed by atoms with Crippen molar-refractivity contribution >= 4 is 7.60 Å². The standard InChI is InChI=1S/C3H2F7O3P.2H3N/c4-1(5,2(6,7)8)3(9,10)14(11,12)13;;/h(H2,11,12,13);2*1H3. The molecule has 0 saturated heterocycles. The minimum atomic E-state index is -7.39. The summed E-state index contributed by atoms with van der Waals surface area (Å²) in [5.41, 5.74) is -6.70. The molecule has 0 atom stereocenters. The SMILES string of the molecule is O=P([O-])([O-])C(F)(F)C(F)(F)C(F)(F)F.[NH4+].[NH4+]. The summed E-state index contributed by atoms with van der Waals surface area (Å²) >= 11 is 0. The van der Waals surface area contributed by atoms with Crippen LogP contribution in [0.2, 0.25) is 0 Å². The zero-order chi connectivity index (χ0) is 12.0. The lowest BCUT2D eigenvalue weighted by atomic mass is 10.3. The highest BCUT2D eigenvalue weighted by Gasteiger charge is 2.74. The van der Waals surface area contributed by atoms with E-state index in [0.29, 0.717) is 0 Å². The molecule has 0 spiro atoms. The van der Waals surface area contributed by atoms with Gasteiger partial charge in [-0.05, 0) is 0 Å². The Hall–Kier alpha value is -0.420. The van der Waals surface area contributed by atoms with Crippen LogP contribution >= 0.6 is 7.60 Å². The predicted octanol–water partition coefficient (Wildman–Crippen LogP) is 1.44. The van der Waals surface area contributed by atoms with Crippen molar-refractivity contribution in [3.05, 3.63) is 0 Å². The number of halogens is 7. The Balaban J connectivity index is -0.000000845. The van der Waals surface area contributed by atoms with Gasteiger partial charge in [-0.25, -0.2) is 0 Å². The molecule has 13 heteroatoms. The molecule has 0 heterocycles. The highest BCUT2D eigenvalue weighted by atomic mass is 31.2. The molecule has 0 aliphatic heterocycles. The fourth-order valence-corrected chi connectivity index (χ4v) is 0.813. The Labute approximate surface area is 84.0 Å². The zero-order valence-electron chi connectivity index (χ0n) is 7.82. The van der Waals surface area contributed by atoms with Gasteiger partial charge in [0.25, 0.3) is 0 Å². The Bertz CT molecular complexity index is 273. The van der Waals surface area contributed by atoms with Gasteiger partial charge in [0.05, 0.1) is 0 Å². The van der Waals surface area contributed by atoms with E-state index in [1.165, 1.54) is 0 Å². The van der Waals surface area contributed by atoms with Crippen molar-refractivity contribution in [3.8, 4) is 0 Å². The van der Waals surface area contributed by atoms with Crippen LogP contribution in [0.5, 0.6) is 0 Å². The van der Waals surface area contributed by atoms with Gasteiger partial charge in [0.1, 0.15) is 0 Å². The number of rotatable bonds is 2. The van der Waals surface area contributed by atoms with Crippen LogP contribution in [-0.4, -0.2) is 17.8 Å². The van der Waals surface area contributed by atoms with E-state index in [1.807, 2.05) is 0 Å². The van der Waals surface area contributed by atoms with Gasteiger partial charge >= 0.3 is 17.8 Å². The van der Waals surface area contributed by atoms with Crippen molar-refractivity contribution < 1.29 is 45.1 Å². The fraction of sp³-hybridized carbons (Fsp3) is 1.00. The Morgan fingerprint density at radius 3 is 1.12 bits per heavy atom. The van der Waals surface area contributed by atoms with Crippen LogP contribution in [0, 0.1) is 0 Å². The molecule has 102 valence electrons. The molecule has 0 aromatic rings. The molecular formula is C3H8F7N2O3P. The molecule has 0 aromatic carbocycles. The van der Waals surface area contributed by atoms with Crippen LogP contribution in [-0.2, 0) is 4.57 Å². The van der Waals surface area contributed by atoms with Gasteiger partial charge in [-0.1, -0.05) is 0 Å². The topological polar surface area (TPSA) is 136 Å². The van der Waals surface area contributed by atoms with Crippen molar-refractivity contribution in [1.82, 2.24) is 12.3 Å². The first-order chi connectivity index (χ1) is 5.75. The first-order valence-corrected chi connectivity index (χ1v) is 4.14. The third kappa shape index (κ3) is 3.04. The molecule has 0 amide bonds. The maximum absolute atomic E-state index is 11.8. The van der Waals surface area contributed by atoms with Crippen LogP contribution in [0.1, 0.15) is 0 Å². The van der Waals surface area contributed by atoms with Crippen molar-refractivity contribution in [3.63, 3.8) is 0 Å². The third-order valence-electron chi connectivity index (χ3n) is 1.08. The van der Waals surface area contributed by atoms with Gasteiger partial charge in [-0.2, -0.15) is 30.7 Å². The van der Waals surface area contributed by atoms with Crippen molar-refractivity contribution in [1.29, 1.82) is 0 Å². The van der Waals surface area contributed by atoms with Gasteiger partial charge in [0.2, 0.25) is 0 Å². The van der Waals surface area contributed by atoms with Crippen LogP contribution in [0.4, 0.5) is 30.7 Å². The average Bonchev–Trinajstić information content (AvgIpc) is 1.81. The molecule has 0 unspecified atom stereocenters. The lowest BCUT2D eigenvalue weighted by Crippen LogP contribution is -2.55. The number of hydrogen-bond donors (Lipinski definition) is 2. The second-order valence-corrected chi connectivity index (χ2v) is 3.67. The molecule has 8 N–H and O–H groups in total. The molecule has 0 aromatic heterocycles. The fourth-order valence-electron chi connectivity index (χ4n) is 0.343. The molecule has 0 bridgehead atoms. The summed E-state index contributed by atoms with van der Waals surface area (Å²) in [4.78, 5) is 19.0. The summed E-state index contributed by atoms with van der Waals surface area (Å²) in [6.07, 6.45) is -6.82. The maximum atomic E-state index is 11.8. The van der Waals surface area contributed by atoms with E-state index in [9.17, 15) is 45.1 Å². The van der Waals surface area contributed by atoms with Gasteiger partial charge in [-0.3, -0.25) is 0 Å². The second-order valence-electron chi connectivity index (χ2n) is 2.11. The van der Waals surface area contributed by atoms with Gasteiger partial charge in [-0.15, -0.1) is 0 Å². The number of quaternary nitrogens is 2. The van der Waals surface area contributed by atoms with Crippen molar-refractivity contribution in [2.75, 3.05) is 0 Å². The summed E-state index contributed by atoms with van der Waals surface area (Å²) in [6, 6.07) is 0. The Morgan fingerprint density at radius 2 is 1.06 bits per heavy atom. The molecule has 0 aliphatic carbocycles. The van der Waals surface area contributed by atoms with Gasteiger partial charge < -0.3 is 26.7 Å².